The predicted octanol–water partition coefficient (Wildman–Crippen LogP) is 0.609. The maximum absolute atomic E-state index is 11.8. The molecule has 2 aliphatic rings. The Bertz CT molecular complexity index is 582. The van der Waals surface area contributed by atoms with Crippen LogP contribution in [-0.4, -0.2) is 39.2 Å². The highest BCUT2D eigenvalue weighted by atomic mass is 35.5. The molecule has 1 N–H and O–H groups in total. The highest BCUT2D eigenvalue weighted by molar-refractivity contribution is 6.32. The summed E-state index contributed by atoms with van der Waals surface area (Å²) in [5.74, 6) is 0.174. The zero-order valence-corrected chi connectivity index (χ0v) is 11.4. The van der Waals surface area contributed by atoms with Crippen molar-refractivity contribution in [2.24, 2.45) is 7.05 Å². The van der Waals surface area contributed by atoms with Crippen LogP contribution >= 0.6 is 11.6 Å². The van der Waals surface area contributed by atoms with E-state index in [-0.39, 0.29) is 22.5 Å². The quantitative estimate of drug-likeness (QED) is 0.882. The molecule has 1 aliphatic heterocycles. The number of likely N-dealkylation sites (tertiary alicyclic amines) is 1. The van der Waals surface area contributed by atoms with Gasteiger partial charge in [0.15, 0.2) is 0 Å². The van der Waals surface area contributed by atoms with Gasteiger partial charge in [0.05, 0.1) is 17.9 Å². The van der Waals surface area contributed by atoms with Crippen molar-refractivity contribution in [1.29, 1.82) is 0 Å². The average molecular weight is 283 g/mol. The Morgan fingerprint density at radius 1 is 1.42 bits per heavy atom. The summed E-state index contributed by atoms with van der Waals surface area (Å²) < 4.78 is 1.18. The minimum absolute atomic E-state index is 0.000457. The molecule has 2 heterocycles. The van der Waals surface area contributed by atoms with Gasteiger partial charge >= 0.3 is 0 Å². The van der Waals surface area contributed by atoms with Gasteiger partial charge in [-0.25, -0.2) is 4.68 Å². The number of anilines is 1. The highest BCUT2D eigenvalue weighted by Gasteiger charge is 2.39. The molecule has 7 heteroatoms. The van der Waals surface area contributed by atoms with E-state index in [0.29, 0.717) is 24.7 Å². The monoisotopic (exact) mass is 282 g/mol. The van der Waals surface area contributed by atoms with E-state index in [1.54, 1.807) is 7.05 Å². The minimum Gasteiger partial charge on any atom is -0.377 e. The van der Waals surface area contributed by atoms with E-state index in [0.717, 1.165) is 12.8 Å². The number of aromatic nitrogens is 2. The Hall–Kier alpha value is -1.56. The number of halogens is 1. The number of nitrogens with zero attached hydrogens (tertiary/aromatic N) is 3. The normalized spacial score (nSPS) is 22.9. The number of hydrogen-bond acceptors (Lipinski definition) is 4. The zero-order valence-electron chi connectivity index (χ0n) is 10.6. The molecule has 19 heavy (non-hydrogen) atoms. The Balaban J connectivity index is 1.74. The number of nitrogens with one attached hydrogen (secondary N) is 1. The molecule has 1 amide bonds. The van der Waals surface area contributed by atoms with Crippen molar-refractivity contribution in [2.45, 2.75) is 31.3 Å². The summed E-state index contributed by atoms with van der Waals surface area (Å²) >= 11 is 5.99. The van der Waals surface area contributed by atoms with E-state index in [2.05, 4.69) is 10.4 Å². The van der Waals surface area contributed by atoms with Crippen molar-refractivity contribution >= 4 is 23.2 Å². The molecule has 6 nitrogen and oxygen atoms in total. The summed E-state index contributed by atoms with van der Waals surface area (Å²) in [5, 5.41) is 7.20. The number of carbonyl (C=O) groups is 1. The second kappa shape index (κ2) is 4.52. The standard InChI is InChI=1S/C12H15ClN4O2/c1-16-12(19)11(13)9(5-14-16)15-7-4-10(18)17(6-7)8-2-3-8/h5,7-8,15H,2-4,6H2,1H3. The first-order chi connectivity index (χ1) is 9.06. The molecule has 0 spiro atoms. The lowest BCUT2D eigenvalue weighted by atomic mass is 10.2. The van der Waals surface area contributed by atoms with Crippen LogP contribution in [0.4, 0.5) is 5.69 Å². The lowest BCUT2D eigenvalue weighted by Crippen LogP contribution is -2.30. The SMILES string of the molecule is Cn1ncc(NC2CC(=O)N(C3CC3)C2)c(Cl)c1=O. The highest BCUT2D eigenvalue weighted by Crippen LogP contribution is 2.31. The fraction of sp³-hybridized carbons (Fsp3) is 0.583. The molecular formula is C12H15ClN4O2. The van der Waals surface area contributed by atoms with Crippen LogP contribution in [0.5, 0.6) is 0 Å². The fourth-order valence-corrected chi connectivity index (χ4v) is 2.62. The Morgan fingerprint density at radius 3 is 2.84 bits per heavy atom. The van der Waals surface area contributed by atoms with Crippen LogP contribution in [0.15, 0.2) is 11.0 Å². The van der Waals surface area contributed by atoms with Crippen LogP contribution < -0.4 is 10.9 Å². The third-order valence-electron chi connectivity index (χ3n) is 3.58. The Kier molecular flexibility index (Phi) is 2.97. The number of hydrogen-bond donors (Lipinski definition) is 1. The van der Waals surface area contributed by atoms with Gasteiger partial charge < -0.3 is 10.2 Å². The van der Waals surface area contributed by atoms with Gasteiger partial charge in [-0.05, 0) is 12.8 Å². The number of carbonyl (C=O) groups excluding carboxylic acids is 1. The molecule has 3 rings (SSSR count). The van der Waals surface area contributed by atoms with E-state index < -0.39 is 0 Å². The summed E-state index contributed by atoms with van der Waals surface area (Å²) in [7, 11) is 1.55. The lowest BCUT2D eigenvalue weighted by molar-refractivity contribution is -0.128. The van der Waals surface area contributed by atoms with E-state index in [1.807, 2.05) is 4.90 Å². The second-order valence-electron chi connectivity index (χ2n) is 5.12. The number of rotatable bonds is 3. The predicted molar refractivity (Wildman–Crippen MR) is 71.3 cm³/mol. The van der Waals surface area contributed by atoms with Crippen molar-refractivity contribution in [3.8, 4) is 0 Å². The van der Waals surface area contributed by atoms with Crippen molar-refractivity contribution < 1.29 is 4.79 Å². The van der Waals surface area contributed by atoms with Gasteiger partial charge in [0, 0.05) is 26.1 Å². The van der Waals surface area contributed by atoms with Crippen LogP contribution in [-0.2, 0) is 11.8 Å². The molecule has 1 unspecified atom stereocenters. The van der Waals surface area contributed by atoms with Crippen LogP contribution in [0.2, 0.25) is 5.02 Å². The molecule has 1 aromatic heterocycles. The average Bonchev–Trinajstić information content (AvgIpc) is 3.15. The summed E-state index contributed by atoms with van der Waals surface area (Å²) in [6.45, 7) is 0.676. The largest absolute Gasteiger partial charge is 0.377 e. The first kappa shape index (κ1) is 12.5. The van der Waals surface area contributed by atoms with E-state index in [1.165, 1.54) is 10.9 Å². The van der Waals surface area contributed by atoms with Gasteiger partial charge in [-0.3, -0.25) is 9.59 Å². The third kappa shape index (κ3) is 2.32. The maximum Gasteiger partial charge on any atom is 0.287 e. The van der Waals surface area contributed by atoms with Crippen molar-refractivity contribution in [2.75, 3.05) is 11.9 Å². The van der Waals surface area contributed by atoms with Crippen LogP contribution in [0.25, 0.3) is 0 Å². The van der Waals surface area contributed by atoms with Gasteiger partial charge in [-0.15, -0.1) is 0 Å². The third-order valence-corrected chi connectivity index (χ3v) is 3.95. The van der Waals surface area contributed by atoms with E-state index >= 15 is 0 Å². The molecule has 1 atom stereocenters. The zero-order chi connectivity index (χ0) is 13.6. The molecule has 0 aromatic carbocycles. The smallest absolute Gasteiger partial charge is 0.287 e. The van der Waals surface area contributed by atoms with Crippen LogP contribution in [0, 0.1) is 0 Å². The summed E-state index contributed by atoms with van der Waals surface area (Å²) in [6.07, 6.45) is 4.18. The molecule has 2 fully saturated rings. The van der Waals surface area contributed by atoms with Gasteiger partial charge in [-0.1, -0.05) is 11.6 Å². The van der Waals surface area contributed by atoms with Gasteiger partial charge in [0.1, 0.15) is 5.02 Å². The molecule has 102 valence electrons. The van der Waals surface area contributed by atoms with Crippen molar-refractivity contribution in [1.82, 2.24) is 14.7 Å². The molecule has 1 saturated heterocycles. The maximum atomic E-state index is 11.8. The molecule has 1 aromatic rings. The van der Waals surface area contributed by atoms with Crippen molar-refractivity contribution in [3.05, 3.63) is 21.6 Å². The molecule has 0 radical (unpaired) electrons. The lowest BCUT2D eigenvalue weighted by Gasteiger charge is -2.17. The first-order valence-corrected chi connectivity index (χ1v) is 6.72. The fourth-order valence-electron chi connectivity index (χ4n) is 2.40. The van der Waals surface area contributed by atoms with Gasteiger partial charge in [0.2, 0.25) is 5.91 Å². The molecular weight excluding hydrogens is 268 g/mol. The van der Waals surface area contributed by atoms with Gasteiger partial charge in [-0.2, -0.15) is 5.10 Å². The van der Waals surface area contributed by atoms with Crippen LogP contribution in [0.1, 0.15) is 19.3 Å². The molecule has 1 aliphatic carbocycles. The second-order valence-corrected chi connectivity index (χ2v) is 5.50. The first-order valence-electron chi connectivity index (χ1n) is 6.34. The Morgan fingerprint density at radius 2 is 2.16 bits per heavy atom. The van der Waals surface area contributed by atoms with Crippen LogP contribution in [0.3, 0.4) is 0 Å². The molecule has 0 bridgehead atoms. The summed E-state index contributed by atoms with van der Waals surface area (Å²) in [5.41, 5.74) is 0.162. The summed E-state index contributed by atoms with van der Waals surface area (Å²) in [6, 6.07) is 0.427. The topological polar surface area (TPSA) is 67.2 Å². The van der Waals surface area contributed by atoms with E-state index in [9.17, 15) is 9.59 Å². The summed E-state index contributed by atoms with van der Waals surface area (Å²) in [4.78, 5) is 25.4. The number of aryl methyl sites for hydroxylation is 1. The Labute approximate surface area is 115 Å². The molecule has 1 saturated carbocycles. The van der Waals surface area contributed by atoms with E-state index in [4.69, 9.17) is 11.6 Å². The van der Waals surface area contributed by atoms with Gasteiger partial charge in [0.25, 0.3) is 5.56 Å². The minimum atomic E-state index is -0.338. The van der Waals surface area contributed by atoms with Crippen molar-refractivity contribution in [3.63, 3.8) is 0 Å². The number of amides is 1.